The Bertz CT molecular complexity index is 747. The molecule has 0 saturated carbocycles. The van der Waals surface area contributed by atoms with E-state index in [4.69, 9.17) is 10.00 Å². The topological polar surface area (TPSA) is 101 Å². The van der Waals surface area contributed by atoms with Crippen LogP contribution in [-0.4, -0.2) is 51.6 Å². The van der Waals surface area contributed by atoms with Gasteiger partial charge in [-0.2, -0.15) is 10.4 Å². The number of carbonyl (C=O) groups excluding carboxylic acids is 2. The fraction of sp³-hybridized carbons (Fsp3) is 0.357. The molecule has 0 bridgehead atoms. The lowest BCUT2D eigenvalue weighted by atomic mass is 10.2. The van der Waals surface area contributed by atoms with Gasteiger partial charge in [0.05, 0.1) is 18.2 Å². The van der Waals surface area contributed by atoms with Gasteiger partial charge in [-0.25, -0.2) is 14.3 Å². The van der Waals surface area contributed by atoms with Crippen LogP contribution in [0.5, 0.6) is 0 Å². The molecule has 22 heavy (non-hydrogen) atoms. The predicted octanol–water partition coefficient (Wildman–Crippen LogP) is 0.567. The zero-order valence-electron chi connectivity index (χ0n) is 12.3. The molecule has 0 aliphatic heterocycles. The zero-order chi connectivity index (χ0) is 16.1. The number of nitriles is 1. The normalized spacial score (nSPS) is 10.2. The first kappa shape index (κ1) is 15.4. The molecular formula is C14H15N5O3. The highest BCUT2D eigenvalue weighted by Gasteiger charge is 2.21. The summed E-state index contributed by atoms with van der Waals surface area (Å²) in [6, 6.07) is 3.64. The van der Waals surface area contributed by atoms with Gasteiger partial charge in [0.15, 0.2) is 12.3 Å². The molecule has 0 atom stereocenters. The molecule has 2 heterocycles. The van der Waals surface area contributed by atoms with Gasteiger partial charge in [-0.1, -0.05) is 0 Å². The van der Waals surface area contributed by atoms with Crippen LogP contribution >= 0.6 is 0 Å². The van der Waals surface area contributed by atoms with Crippen LogP contribution in [0.1, 0.15) is 22.5 Å². The van der Waals surface area contributed by atoms with Crippen molar-refractivity contribution in [2.45, 2.75) is 13.3 Å². The Hall–Kier alpha value is -2.95. The number of fused-ring (bicyclic) bond motifs is 1. The van der Waals surface area contributed by atoms with E-state index in [0.717, 1.165) is 0 Å². The third kappa shape index (κ3) is 3.20. The molecule has 0 saturated heterocycles. The van der Waals surface area contributed by atoms with Crippen molar-refractivity contribution in [2.75, 3.05) is 20.2 Å². The van der Waals surface area contributed by atoms with Crippen LogP contribution in [0.4, 0.5) is 0 Å². The molecule has 2 rings (SSSR count). The van der Waals surface area contributed by atoms with Crippen molar-refractivity contribution in [3.05, 3.63) is 29.7 Å². The molecule has 8 heteroatoms. The molecule has 0 N–H and O–H groups in total. The summed E-state index contributed by atoms with van der Waals surface area (Å²) in [5.74, 6) is -1.01. The molecule has 0 aliphatic carbocycles. The maximum Gasteiger partial charge on any atom is 0.344 e. The molecule has 2 aromatic rings. The standard InChI is InChI=1S/C14H15N5O3/c1-10-12(13-16-6-4-8-19(13)17-10)14(21)22-9-11(20)18(2)7-3-5-15/h4,6,8H,3,7,9H2,1-2H3. The number of amides is 1. The van der Waals surface area contributed by atoms with Crippen molar-refractivity contribution in [3.8, 4) is 6.07 Å². The van der Waals surface area contributed by atoms with Crippen molar-refractivity contribution >= 4 is 17.5 Å². The second-order valence-electron chi connectivity index (χ2n) is 4.65. The predicted molar refractivity (Wildman–Crippen MR) is 75.9 cm³/mol. The number of hydrogen-bond donors (Lipinski definition) is 0. The number of likely N-dealkylation sites (N-methyl/N-ethyl adjacent to an activating group) is 1. The van der Waals surface area contributed by atoms with Gasteiger partial charge in [-0.05, 0) is 13.0 Å². The van der Waals surface area contributed by atoms with Gasteiger partial charge in [0, 0.05) is 26.0 Å². The Kier molecular flexibility index (Phi) is 4.68. The third-order valence-electron chi connectivity index (χ3n) is 3.09. The van der Waals surface area contributed by atoms with Crippen LogP contribution in [0.3, 0.4) is 0 Å². The molecule has 0 fully saturated rings. The monoisotopic (exact) mass is 301 g/mol. The van der Waals surface area contributed by atoms with Crippen LogP contribution in [0.25, 0.3) is 5.65 Å². The highest BCUT2D eigenvalue weighted by molar-refractivity contribution is 5.98. The van der Waals surface area contributed by atoms with E-state index in [-0.39, 0.29) is 24.5 Å². The molecule has 2 aromatic heterocycles. The first-order chi connectivity index (χ1) is 10.5. The highest BCUT2D eigenvalue weighted by atomic mass is 16.5. The number of esters is 1. The van der Waals surface area contributed by atoms with Crippen LogP contribution in [0.15, 0.2) is 18.5 Å². The summed E-state index contributed by atoms with van der Waals surface area (Å²) < 4.78 is 6.51. The van der Waals surface area contributed by atoms with Crippen molar-refractivity contribution < 1.29 is 14.3 Å². The molecule has 0 unspecified atom stereocenters. The number of rotatable bonds is 5. The molecule has 0 aromatic carbocycles. The third-order valence-corrected chi connectivity index (χ3v) is 3.09. The summed E-state index contributed by atoms with van der Waals surface area (Å²) in [6.07, 6.45) is 3.45. The van der Waals surface area contributed by atoms with Gasteiger partial charge in [0.1, 0.15) is 5.56 Å². The van der Waals surface area contributed by atoms with Crippen LogP contribution < -0.4 is 0 Å². The fourth-order valence-electron chi connectivity index (χ4n) is 1.89. The van der Waals surface area contributed by atoms with E-state index in [0.29, 0.717) is 17.9 Å². The van der Waals surface area contributed by atoms with Crippen molar-refractivity contribution in [2.24, 2.45) is 0 Å². The van der Waals surface area contributed by atoms with Crippen molar-refractivity contribution in [1.82, 2.24) is 19.5 Å². The number of hydrogen-bond acceptors (Lipinski definition) is 6. The summed E-state index contributed by atoms with van der Waals surface area (Å²) in [5.41, 5.74) is 1.11. The van der Waals surface area contributed by atoms with Gasteiger partial charge >= 0.3 is 5.97 Å². The smallest absolute Gasteiger partial charge is 0.344 e. The van der Waals surface area contributed by atoms with Crippen LogP contribution in [-0.2, 0) is 9.53 Å². The molecule has 0 aliphatic rings. The minimum atomic E-state index is -0.645. The number of aromatic nitrogens is 3. The molecule has 0 radical (unpaired) electrons. The fourth-order valence-corrected chi connectivity index (χ4v) is 1.89. The Morgan fingerprint density at radius 2 is 2.27 bits per heavy atom. The Morgan fingerprint density at radius 1 is 1.50 bits per heavy atom. The molecule has 0 spiro atoms. The number of carbonyl (C=O) groups is 2. The highest BCUT2D eigenvalue weighted by Crippen LogP contribution is 2.14. The first-order valence-electron chi connectivity index (χ1n) is 6.62. The lowest BCUT2D eigenvalue weighted by Gasteiger charge is -2.15. The summed E-state index contributed by atoms with van der Waals surface area (Å²) in [7, 11) is 1.55. The van der Waals surface area contributed by atoms with E-state index >= 15 is 0 Å². The van der Waals surface area contributed by atoms with Gasteiger partial charge in [0.25, 0.3) is 5.91 Å². The maximum atomic E-state index is 12.1. The average molecular weight is 301 g/mol. The van der Waals surface area contributed by atoms with E-state index in [1.165, 1.54) is 9.42 Å². The zero-order valence-corrected chi connectivity index (χ0v) is 12.3. The minimum absolute atomic E-state index is 0.229. The van der Waals surface area contributed by atoms with E-state index in [1.807, 2.05) is 6.07 Å². The molecule has 8 nitrogen and oxygen atoms in total. The van der Waals surface area contributed by atoms with Crippen LogP contribution in [0, 0.1) is 18.3 Å². The van der Waals surface area contributed by atoms with E-state index in [9.17, 15) is 9.59 Å². The second kappa shape index (κ2) is 6.67. The average Bonchev–Trinajstić information content (AvgIpc) is 2.85. The molecular weight excluding hydrogens is 286 g/mol. The SMILES string of the molecule is Cc1nn2cccnc2c1C(=O)OCC(=O)N(C)CCC#N. The summed E-state index contributed by atoms with van der Waals surface area (Å²) in [4.78, 5) is 29.4. The lowest BCUT2D eigenvalue weighted by molar-refractivity contribution is -0.133. The second-order valence-corrected chi connectivity index (χ2v) is 4.65. The summed E-state index contributed by atoms with van der Waals surface area (Å²) in [5, 5.41) is 12.6. The Morgan fingerprint density at radius 3 is 3.00 bits per heavy atom. The van der Waals surface area contributed by atoms with Gasteiger partial charge in [-0.15, -0.1) is 0 Å². The van der Waals surface area contributed by atoms with E-state index in [1.54, 1.807) is 32.4 Å². The molecule has 114 valence electrons. The maximum absolute atomic E-state index is 12.1. The number of ether oxygens (including phenoxy) is 1. The van der Waals surface area contributed by atoms with Crippen LogP contribution in [0.2, 0.25) is 0 Å². The Balaban J connectivity index is 2.04. The van der Waals surface area contributed by atoms with Gasteiger partial charge < -0.3 is 9.64 Å². The number of aryl methyl sites for hydroxylation is 1. The lowest BCUT2D eigenvalue weighted by Crippen LogP contribution is -2.32. The Labute approximate surface area is 126 Å². The van der Waals surface area contributed by atoms with Crippen molar-refractivity contribution in [3.63, 3.8) is 0 Å². The van der Waals surface area contributed by atoms with Gasteiger partial charge in [0.2, 0.25) is 0 Å². The van der Waals surface area contributed by atoms with Gasteiger partial charge in [-0.3, -0.25) is 4.79 Å². The minimum Gasteiger partial charge on any atom is -0.452 e. The largest absolute Gasteiger partial charge is 0.452 e. The quantitative estimate of drug-likeness (QED) is 0.748. The van der Waals surface area contributed by atoms with E-state index in [2.05, 4.69) is 10.1 Å². The van der Waals surface area contributed by atoms with Crippen molar-refractivity contribution in [1.29, 1.82) is 5.26 Å². The first-order valence-corrected chi connectivity index (χ1v) is 6.62. The number of nitrogens with zero attached hydrogens (tertiary/aromatic N) is 5. The summed E-state index contributed by atoms with van der Waals surface area (Å²) in [6.45, 7) is 1.58. The summed E-state index contributed by atoms with van der Waals surface area (Å²) >= 11 is 0. The molecule has 1 amide bonds. The van der Waals surface area contributed by atoms with E-state index < -0.39 is 5.97 Å².